The third-order valence-electron chi connectivity index (χ3n) is 4.04. The highest BCUT2D eigenvalue weighted by atomic mass is 35.5. The molecule has 3 aromatic rings. The number of rotatable bonds is 3. The first kappa shape index (κ1) is 13.7. The molecule has 1 atom stereocenters. The zero-order chi connectivity index (χ0) is 14.9. The molecule has 0 saturated carbocycles. The molecule has 0 aliphatic carbocycles. The van der Waals surface area contributed by atoms with Crippen LogP contribution in [-0.2, 0) is 11.2 Å². The monoisotopic (exact) mass is 313 g/mol. The van der Waals surface area contributed by atoms with E-state index in [-0.39, 0.29) is 0 Å². The zero-order valence-electron chi connectivity index (χ0n) is 12.1. The Hall–Kier alpha value is -1.91. The van der Waals surface area contributed by atoms with E-state index in [9.17, 15) is 0 Å². The van der Waals surface area contributed by atoms with Gasteiger partial charge in [0.15, 0.2) is 5.65 Å². The van der Waals surface area contributed by atoms with Gasteiger partial charge in [0.2, 0.25) is 0 Å². The second-order valence-corrected chi connectivity index (χ2v) is 6.00. The Kier molecular flexibility index (Phi) is 3.56. The number of fused-ring (bicyclic) bond motifs is 1. The molecule has 1 unspecified atom stereocenters. The van der Waals surface area contributed by atoms with Gasteiger partial charge in [-0.1, -0.05) is 23.7 Å². The van der Waals surface area contributed by atoms with Crippen molar-refractivity contribution in [2.75, 3.05) is 13.2 Å². The van der Waals surface area contributed by atoms with Crippen LogP contribution >= 0.6 is 11.6 Å². The second kappa shape index (κ2) is 5.71. The van der Waals surface area contributed by atoms with Crippen LogP contribution in [0.3, 0.4) is 0 Å². The molecular formula is C17H16ClN3O. The maximum atomic E-state index is 6.10. The van der Waals surface area contributed by atoms with Crippen molar-refractivity contribution in [1.29, 1.82) is 0 Å². The van der Waals surface area contributed by atoms with Crippen molar-refractivity contribution >= 4 is 22.8 Å². The molecular weight excluding hydrogens is 298 g/mol. The number of aromatic nitrogens is 3. The van der Waals surface area contributed by atoms with E-state index < -0.39 is 0 Å². The van der Waals surface area contributed by atoms with Crippen LogP contribution in [-0.4, -0.2) is 27.7 Å². The van der Waals surface area contributed by atoms with Gasteiger partial charge in [0.25, 0.3) is 0 Å². The minimum absolute atomic E-state index is 0.314. The first-order valence-electron chi connectivity index (χ1n) is 7.45. The van der Waals surface area contributed by atoms with Crippen LogP contribution < -0.4 is 0 Å². The van der Waals surface area contributed by atoms with E-state index in [1.165, 1.54) is 0 Å². The number of halogens is 1. The molecule has 5 heteroatoms. The molecule has 0 spiro atoms. The molecule has 4 rings (SSSR count). The molecule has 2 aromatic heterocycles. The van der Waals surface area contributed by atoms with E-state index in [4.69, 9.17) is 21.3 Å². The molecule has 1 fully saturated rings. The van der Waals surface area contributed by atoms with Crippen molar-refractivity contribution in [2.24, 2.45) is 0 Å². The van der Waals surface area contributed by atoms with Crippen molar-refractivity contribution < 1.29 is 4.74 Å². The summed E-state index contributed by atoms with van der Waals surface area (Å²) in [5.41, 5.74) is 3.03. The number of benzene rings is 1. The number of hydrogen-bond donors (Lipinski definition) is 0. The number of hydrogen-bond acceptors (Lipinski definition) is 3. The fourth-order valence-electron chi connectivity index (χ4n) is 3.04. The number of imidazole rings is 1. The lowest BCUT2D eigenvalue weighted by Gasteiger charge is -2.14. The highest BCUT2D eigenvalue weighted by molar-refractivity contribution is 6.30. The second-order valence-electron chi connectivity index (χ2n) is 5.57. The molecule has 4 nitrogen and oxygen atoms in total. The molecule has 22 heavy (non-hydrogen) atoms. The molecule has 0 radical (unpaired) electrons. The van der Waals surface area contributed by atoms with Crippen LogP contribution in [0.2, 0.25) is 5.02 Å². The first-order valence-corrected chi connectivity index (χ1v) is 7.83. The third-order valence-corrected chi connectivity index (χ3v) is 4.28. The van der Waals surface area contributed by atoms with Crippen LogP contribution in [0.4, 0.5) is 0 Å². The van der Waals surface area contributed by atoms with Crippen LogP contribution in [0.15, 0.2) is 42.6 Å². The molecule has 1 aliphatic heterocycles. The Labute approximate surface area is 133 Å². The molecule has 1 aliphatic rings. The molecule has 0 amide bonds. The zero-order valence-corrected chi connectivity index (χ0v) is 12.8. The molecule has 3 heterocycles. The fourth-order valence-corrected chi connectivity index (χ4v) is 3.25. The Balaban J connectivity index is 1.80. The largest absolute Gasteiger partial charge is 0.379 e. The van der Waals surface area contributed by atoms with Gasteiger partial charge >= 0.3 is 0 Å². The Morgan fingerprint density at radius 1 is 1.27 bits per heavy atom. The van der Waals surface area contributed by atoms with Gasteiger partial charge in [0.1, 0.15) is 11.3 Å². The third kappa shape index (κ3) is 2.49. The van der Waals surface area contributed by atoms with Gasteiger partial charge in [-0.05, 0) is 36.2 Å². The van der Waals surface area contributed by atoms with Crippen LogP contribution in [0, 0.1) is 0 Å². The number of ether oxygens (including phenoxy) is 1. The van der Waals surface area contributed by atoms with Gasteiger partial charge in [0, 0.05) is 24.2 Å². The number of nitrogens with zero attached hydrogens (tertiary/aromatic N) is 3. The van der Waals surface area contributed by atoms with Gasteiger partial charge in [-0.3, -0.25) is 0 Å². The average molecular weight is 314 g/mol. The Morgan fingerprint density at radius 2 is 2.23 bits per heavy atom. The standard InChI is InChI=1S/C17H16ClN3O/c18-13-4-1-3-12(9-13)10-16-20-15-5-2-7-19-17(15)21(16)14-6-8-22-11-14/h1-5,7,9,14H,6,8,10-11H2. The molecule has 112 valence electrons. The quantitative estimate of drug-likeness (QED) is 0.741. The van der Waals surface area contributed by atoms with Gasteiger partial charge < -0.3 is 9.30 Å². The van der Waals surface area contributed by atoms with Crippen molar-refractivity contribution in [1.82, 2.24) is 14.5 Å². The summed E-state index contributed by atoms with van der Waals surface area (Å²) in [5, 5.41) is 0.752. The lowest BCUT2D eigenvalue weighted by atomic mass is 10.1. The summed E-state index contributed by atoms with van der Waals surface area (Å²) in [6, 6.07) is 12.2. The van der Waals surface area contributed by atoms with Crippen molar-refractivity contribution in [2.45, 2.75) is 18.9 Å². The fraction of sp³-hybridized carbons (Fsp3) is 0.294. The van der Waals surface area contributed by atoms with Crippen molar-refractivity contribution in [3.63, 3.8) is 0 Å². The molecule has 1 aromatic carbocycles. The van der Waals surface area contributed by atoms with Crippen molar-refractivity contribution in [3.05, 3.63) is 59.0 Å². The SMILES string of the molecule is Clc1cccc(Cc2nc3cccnc3n2C2CCOC2)c1. The normalized spacial score (nSPS) is 18.1. The lowest BCUT2D eigenvalue weighted by molar-refractivity contribution is 0.186. The van der Waals surface area contributed by atoms with Gasteiger partial charge in [-0.15, -0.1) is 0 Å². The summed E-state index contributed by atoms with van der Waals surface area (Å²) in [7, 11) is 0. The van der Waals surface area contributed by atoms with Crippen LogP contribution in [0.5, 0.6) is 0 Å². The average Bonchev–Trinajstić information content (AvgIpc) is 3.13. The predicted molar refractivity (Wildman–Crippen MR) is 86.3 cm³/mol. The summed E-state index contributed by atoms with van der Waals surface area (Å²) in [6.07, 6.45) is 3.57. The minimum atomic E-state index is 0.314. The molecule has 1 saturated heterocycles. The summed E-state index contributed by atoms with van der Waals surface area (Å²) in [6.45, 7) is 1.53. The topological polar surface area (TPSA) is 39.9 Å². The van der Waals surface area contributed by atoms with Crippen LogP contribution in [0.25, 0.3) is 11.2 Å². The summed E-state index contributed by atoms with van der Waals surface area (Å²) in [5.74, 6) is 1.02. The van der Waals surface area contributed by atoms with E-state index >= 15 is 0 Å². The maximum absolute atomic E-state index is 6.10. The van der Waals surface area contributed by atoms with Gasteiger partial charge in [-0.25, -0.2) is 9.97 Å². The van der Waals surface area contributed by atoms with Gasteiger partial charge in [-0.2, -0.15) is 0 Å². The van der Waals surface area contributed by atoms with E-state index in [0.717, 1.165) is 53.6 Å². The van der Waals surface area contributed by atoms with Crippen LogP contribution in [0.1, 0.15) is 23.9 Å². The van der Waals surface area contributed by atoms with Crippen molar-refractivity contribution in [3.8, 4) is 0 Å². The van der Waals surface area contributed by atoms with E-state index in [1.807, 2.05) is 36.5 Å². The minimum Gasteiger partial charge on any atom is -0.379 e. The summed E-state index contributed by atoms with van der Waals surface area (Å²) in [4.78, 5) is 9.31. The smallest absolute Gasteiger partial charge is 0.160 e. The molecule has 0 N–H and O–H groups in total. The summed E-state index contributed by atoms with van der Waals surface area (Å²) >= 11 is 6.10. The maximum Gasteiger partial charge on any atom is 0.160 e. The Morgan fingerprint density at radius 3 is 3.05 bits per heavy atom. The van der Waals surface area contributed by atoms with E-state index in [1.54, 1.807) is 0 Å². The van der Waals surface area contributed by atoms with E-state index in [0.29, 0.717) is 6.04 Å². The summed E-state index contributed by atoms with van der Waals surface area (Å²) < 4.78 is 7.80. The first-order chi connectivity index (χ1) is 10.8. The highest BCUT2D eigenvalue weighted by Gasteiger charge is 2.23. The Bertz CT molecular complexity index is 809. The lowest BCUT2D eigenvalue weighted by Crippen LogP contribution is -2.13. The van der Waals surface area contributed by atoms with Gasteiger partial charge in [0.05, 0.1) is 12.6 Å². The number of pyridine rings is 1. The highest BCUT2D eigenvalue weighted by Crippen LogP contribution is 2.27. The van der Waals surface area contributed by atoms with E-state index in [2.05, 4.69) is 15.6 Å². The predicted octanol–water partition coefficient (Wildman–Crippen LogP) is 3.64. The molecule has 0 bridgehead atoms.